The lowest BCUT2D eigenvalue weighted by Gasteiger charge is -2.44. The summed E-state index contributed by atoms with van der Waals surface area (Å²) in [6, 6.07) is 6.84. The molecule has 1 aromatic carbocycles. The second-order valence-corrected chi connectivity index (χ2v) is 11.6. The highest BCUT2D eigenvalue weighted by Gasteiger charge is 2.42. The minimum absolute atomic E-state index is 0.102. The van der Waals surface area contributed by atoms with Gasteiger partial charge in [-0.05, 0) is 56.2 Å². The molecule has 3 fully saturated rings. The Kier molecular flexibility index (Phi) is 6.67. The van der Waals surface area contributed by atoms with Gasteiger partial charge in [0.25, 0.3) is 5.91 Å². The molecule has 1 spiro atoms. The Hall–Kier alpha value is -1.93. The van der Waals surface area contributed by atoms with Crippen molar-refractivity contribution >= 4 is 21.5 Å². The SMILES string of the molecule is COc1cccc(C(=O)N=S2(=O)CCC3(CC2)CC(NC(=O)CCC2CC2)CCO3)c1. The quantitative estimate of drug-likeness (QED) is 0.720. The normalized spacial score (nSPS) is 30.5. The van der Waals surface area contributed by atoms with Gasteiger partial charge in [0.2, 0.25) is 5.91 Å². The van der Waals surface area contributed by atoms with Crippen molar-refractivity contribution in [2.45, 2.75) is 63.0 Å². The van der Waals surface area contributed by atoms with Crippen LogP contribution in [-0.4, -0.2) is 52.9 Å². The Bertz CT molecular complexity index is 935. The number of carbonyl (C=O) groups is 2. The van der Waals surface area contributed by atoms with Gasteiger partial charge in [0, 0.05) is 36.1 Å². The topological polar surface area (TPSA) is 94.1 Å². The Labute approximate surface area is 184 Å². The number of nitrogens with zero attached hydrogens (tertiary/aromatic N) is 1. The maximum absolute atomic E-state index is 13.2. The van der Waals surface area contributed by atoms with Gasteiger partial charge in [-0.15, -0.1) is 0 Å². The molecule has 7 nitrogen and oxygen atoms in total. The molecule has 0 aromatic heterocycles. The van der Waals surface area contributed by atoms with E-state index in [-0.39, 0.29) is 17.6 Å². The van der Waals surface area contributed by atoms with Crippen molar-refractivity contribution in [3.05, 3.63) is 29.8 Å². The molecule has 2 heterocycles. The summed E-state index contributed by atoms with van der Waals surface area (Å²) in [7, 11) is -1.08. The van der Waals surface area contributed by atoms with E-state index in [1.54, 1.807) is 24.3 Å². The first-order chi connectivity index (χ1) is 14.9. The first-order valence-corrected chi connectivity index (χ1v) is 13.1. The summed E-state index contributed by atoms with van der Waals surface area (Å²) in [5.41, 5.74) is 0.00698. The Balaban J connectivity index is 1.34. The zero-order valence-corrected chi connectivity index (χ0v) is 19.0. The molecule has 0 radical (unpaired) electrons. The van der Waals surface area contributed by atoms with Crippen LogP contribution in [0.5, 0.6) is 5.75 Å². The fourth-order valence-corrected chi connectivity index (χ4v) is 6.69. The van der Waals surface area contributed by atoms with Crippen LogP contribution in [0.15, 0.2) is 28.6 Å². The molecule has 8 heteroatoms. The van der Waals surface area contributed by atoms with Gasteiger partial charge in [0.05, 0.1) is 22.4 Å². The molecular formula is C23H32N2O5S. The predicted octanol–water partition coefficient (Wildman–Crippen LogP) is 3.32. The summed E-state index contributed by atoms with van der Waals surface area (Å²) >= 11 is 0. The van der Waals surface area contributed by atoms with E-state index in [0.29, 0.717) is 48.7 Å². The molecule has 31 heavy (non-hydrogen) atoms. The van der Waals surface area contributed by atoms with Gasteiger partial charge in [-0.25, -0.2) is 4.21 Å². The van der Waals surface area contributed by atoms with E-state index < -0.39 is 15.6 Å². The van der Waals surface area contributed by atoms with E-state index in [9.17, 15) is 13.8 Å². The largest absolute Gasteiger partial charge is 0.497 e. The number of benzene rings is 1. The van der Waals surface area contributed by atoms with E-state index in [1.165, 1.54) is 20.0 Å². The number of nitrogens with one attached hydrogen (secondary N) is 1. The van der Waals surface area contributed by atoms with Gasteiger partial charge in [-0.1, -0.05) is 18.9 Å². The van der Waals surface area contributed by atoms with Crippen molar-refractivity contribution in [2.24, 2.45) is 10.3 Å². The standard InChI is InChI=1S/C23H32N2O5S/c1-29-20-4-2-3-18(15-20)22(27)25-31(28)13-10-23(11-14-31)16-19(9-12-30-23)24-21(26)8-7-17-5-6-17/h2-4,15,17,19H,5-14,16H2,1H3,(H,24,26). The van der Waals surface area contributed by atoms with Crippen molar-refractivity contribution in [3.8, 4) is 5.75 Å². The molecule has 1 atom stereocenters. The molecule has 1 aromatic rings. The van der Waals surface area contributed by atoms with E-state index in [4.69, 9.17) is 9.47 Å². The van der Waals surface area contributed by atoms with Gasteiger partial charge >= 0.3 is 0 Å². The summed E-state index contributed by atoms with van der Waals surface area (Å²) in [6.07, 6.45) is 6.85. The molecule has 0 bridgehead atoms. The molecule has 3 aliphatic rings. The third-order valence-corrected chi connectivity index (χ3v) is 8.84. The van der Waals surface area contributed by atoms with Crippen LogP contribution in [0.25, 0.3) is 0 Å². The van der Waals surface area contributed by atoms with E-state index >= 15 is 0 Å². The van der Waals surface area contributed by atoms with Crippen molar-refractivity contribution in [3.63, 3.8) is 0 Å². The van der Waals surface area contributed by atoms with Crippen LogP contribution in [0.2, 0.25) is 0 Å². The first kappa shape index (κ1) is 22.3. The van der Waals surface area contributed by atoms with Crippen LogP contribution < -0.4 is 10.1 Å². The van der Waals surface area contributed by atoms with Gasteiger partial charge in [-0.3, -0.25) is 9.59 Å². The number of hydrogen-bond acceptors (Lipinski definition) is 5. The number of carbonyl (C=O) groups excluding carboxylic acids is 2. The van der Waals surface area contributed by atoms with Crippen LogP contribution >= 0.6 is 0 Å². The second kappa shape index (κ2) is 9.28. The highest BCUT2D eigenvalue weighted by atomic mass is 32.2. The summed E-state index contributed by atoms with van der Waals surface area (Å²) in [5, 5.41) is 3.18. The first-order valence-electron chi connectivity index (χ1n) is 11.2. The molecule has 1 unspecified atom stereocenters. The monoisotopic (exact) mass is 448 g/mol. The molecule has 1 N–H and O–H groups in total. The molecule has 1 saturated carbocycles. The average Bonchev–Trinajstić information content (AvgIpc) is 3.60. The van der Waals surface area contributed by atoms with Crippen molar-refractivity contribution in [1.29, 1.82) is 0 Å². The lowest BCUT2D eigenvalue weighted by atomic mass is 9.85. The average molecular weight is 449 g/mol. The Morgan fingerprint density at radius 2 is 2.03 bits per heavy atom. The zero-order valence-electron chi connectivity index (χ0n) is 18.1. The zero-order chi connectivity index (χ0) is 21.9. The van der Waals surface area contributed by atoms with Crippen LogP contribution in [0, 0.1) is 5.92 Å². The van der Waals surface area contributed by atoms with Crippen LogP contribution in [0.1, 0.15) is 61.7 Å². The highest BCUT2D eigenvalue weighted by molar-refractivity contribution is 7.93. The lowest BCUT2D eigenvalue weighted by Crippen LogP contribution is -2.51. The number of amides is 2. The Morgan fingerprint density at radius 3 is 2.74 bits per heavy atom. The number of hydrogen-bond donors (Lipinski definition) is 1. The van der Waals surface area contributed by atoms with E-state index in [0.717, 1.165) is 25.2 Å². The summed E-state index contributed by atoms with van der Waals surface area (Å²) in [4.78, 5) is 24.8. The molecular weight excluding hydrogens is 416 g/mol. The molecule has 2 saturated heterocycles. The van der Waals surface area contributed by atoms with Crippen LogP contribution in [0.4, 0.5) is 0 Å². The highest BCUT2D eigenvalue weighted by Crippen LogP contribution is 2.37. The summed E-state index contributed by atoms with van der Waals surface area (Å²) in [5.74, 6) is 1.66. The minimum Gasteiger partial charge on any atom is -0.497 e. The predicted molar refractivity (Wildman–Crippen MR) is 119 cm³/mol. The van der Waals surface area contributed by atoms with E-state index in [1.807, 2.05) is 0 Å². The smallest absolute Gasteiger partial charge is 0.285 e. The fraction of sp³-hybridized carbons (Fsp3) is 0.652. The summed E-state index contributed by atoms with van der Waals surface area (Å²) in [6.45, 7) is 0.592. The molecule has 170 valence electrons. The van der Waals surface area contributed by atoms with Crippen molar-refractivity contribution < 1.29 is 23.3 Å². The van der Waals surface area contributed by atoms with E-state index in [2.05, 4.69) is 9.68 Å². The van der Waals surface area contributed by atoms with Gasteiger partial charge in [0.15, 0.2) is 0 Å². The second-order valence-electron chi connectivity index (χ2n) is 9.08. The fourth-order valence-electron chi connectivity index (χ4n) is 4.51. The molecule has 2 aliphatic heterocycles. The van der Waals surface area contributed by atoms with Gasteiger partial charge in [-0.2, -0.15) is 4.36 Å². The van der Waals surface area contributed by atoms with Gasteiger partial charge in [0.1, 0.15) is 5.75 Å². The maximum atomic E-state index is 13.2. The van der Waals surface area contributed by atoms with Gasteiger partial charge < -0.3 is 14.8 Å². The number of rotatable bonds is 6. The Morgan fingerprint density at radius 1 is 1.26 bits per heavy atom. The minimum atomic E-state index is -2.62. The molecule has 2 amide bonds. The maximum Gasteiger partial charge on any atom is 0.285 e. The van der Waals surface area contributed by atoms with Crippen LogP contribution in [-0.2, 0) is 19.3 Å². The molecule has 1 aliphatic carbocycles. The third-order valence-electron chi connectivity index (χ3n) is 6.65. The third kappa shape index (κ3) is 5.86. The number of ether oxygens (including phenoxy) is 2. The van der Waals surface area contributed by atoms with Crippen LogP contribution in [0.3, 0.4) is 0 Å². The van der Waals surface area contributed by atoms with Crippen molar-refractivity contribution in [1.82, 2.24) is 5.32 Å². The molecule has 4 rings (SSSR count). The van der Waals surface area contributed by atoms with Crippen molar-refractivity contribution in [2.75, 3.05) is 25.2 Å². The summed E-state index contributed by atoms with van der Waals surface area (Å²) < 4.78 is 28.6. The number of methoxy groups -OCH3 is 1. The lowest BCUT2D eigenvalue weighted by molar-refractivity contribution is -0.126.